The molecule has 0 atom stereocenters. The number of anilines is 4. The average molecular weight is 321 g/mol. The van der Waals surface area contributed by atoms with Crippen LogP contribution in [0.1, 0.15) is 5.69 Å². The minimum Gasteiger partial charge on any atom is -0.378 e. The normalized spacial score (nSPS) is 10.2. The van der Waals surface area contributed by atoms with Crippen LogP contribution >= 0.6 is 0 Å². The summed E-state index contributed by atoms with van der Waals surface area (Å²) in [5.74, 6) is 1.08. The van der Waals surface area contributed by atoms with Gasteiger partial charge in [0.15, 0.2) is 5.82 Å². The van der Waals surface area contributed by atoms with Crippen molar-refractivity contribution in [2.75, 3.05) is 29.6 Å². The molecule has 0 aliphatic rings. The van der Waals surface area contributed by atoms with E-state index >= 15 is 0 Å². The van der Waals surface area contributed by atoms with Gasteiger partial charge in [0, 0.05) is 31.7 Å². The third kappa shape index (κ3) is 4.16. The molecule has 3 aromatic rings. The monoisotopic (exact) mass is 321 g/mol. The van der Waals surface area contributed by atoms with Crippen LogP contribution in [-0.2, 0) is 6.54 Å². The highest BCUT2D eigenvalue weighted by Crippen LogP contribution is 2.18. The minimum absolute atomic E-state index is 0.443. The van der Waals surface area contributed by atoms with E-state index in [1.54, 1.807) is 12.4 Å². The topological polar surface area (TPSA) is 78.9 Å². The molecule has 7 heteroatoms. The van der Waals surface area contributed by atoms with Gasteiger partial charge in [0.25, 0.3) is 0 Å². The van der Waals surface area contributed by atoms with E-state index in [0.29, 0.717) is 18.3 Å². The molecule has 2 aromatic heterocycles. The molecule has 0 bridgehead atoms. The van der Waals surface area contributed by atoms with Gasteiger partial charge in [0.2, 0.25) is 5.95 Å². The van der Waals surface area contributed by atoms with Crippen LogP contribution in [0, 0.1) is 0 Å². The Morgan fingerprint density at radius 2 is 1.88 bits per heavy atom. The number of hydrogen-bond donors (Lipinski definition) is 2. The smallest absolute Gasteiger partial charge is 0.249 e. The Hall–Kier alpha value is -3.22. The van der Waals surface area contributed by atoms with Gasteiger partial charge < -0.3 is 15.5 Å². The summed E-state index contributed by atoms with van der Waals surface area (Å²) in [6.45, 7) is 0.580. The summed E-state index contributed by atoms with van der Waals surface area (Å²) in [5.41, 5.74) is 2.97. The number of nitrogens with zero attached hydrogens (tertiary/aromatic N) is 5. The van der Waals surface area contributed by atoms with Gasteiger partial charge in [-0.1, -0.05) is 6.07 Å². The second-order valence-electron chi connectivity index (χ2n) is 5.41. The van der Waals surface area contributed by atoms with Gasteiger partial charge in [0.05, 0.1) is 18.4 Å². The molecule has 2 N–H and O–H groups in total. The lowest BCUT2D eigenvalue weighted by atomic mass is 10.2. The molecule has 7 nitrogen and oxygen atoms in total. The third-order valence-corrected chi connectivity index (χ3v) is 3.38. The molecular formula is C17H19N7. The second-order valence-corrected chi connectivity index (χ2v) is 5.41. The summed E-state index contributed by atoms with van der Waals surface area (Å²) in [5, 5.41) is 14.3. The maximum Gasteiger partial charge on any atom is 0.249 e. The van der Waals surface area contributed by atoms with Crippen molar-refractivity contribution in [2.45, 2.75) is 6.54 Å². The van der Waals surface area contributed by atoms with Gasteiger partial charge in [0.1, 0.15) is 0 Å². The maximum absolute atomic E-state index is 4.41. The SMILES string of the molecule is CN(C)c1ccc(Nc2nncc(NCc3ccccn3)n2)cc1. The highest BCUT2D eigenvalue weighted by molar-refractivity contribution is 5.59. The second kappa shape index (κ2) is 7.36. The predicted octanol–water partition coefficient (Wildman–Crippen LogP) is 2.69. The van der Waals surface area contributed by atoms with Crippen molar-refractivity contribution in [3.63, 3.8) is 0 Å². The summed E-state index contributed by atoms with van der Waals surface area (Å²) >= 11 is 0. The summed E-state index contributed by atoms with van der Waals surface area (Å²) in [7, 11) is 4.01. The van der Waals surface area contributed by atoms with Gasteiger partial charge in [-0.3, -0.25) is 4.98 Å². The Morgan fingerprint density at radius 3 is 2.58 bits per heavy atom. The molecule has 0 saturated carbocycles. The summed E-state index contributed by atoms with van der Waals surface area (Å²) < 4.78 is 0. The van der Waals surface area contributed by atoms with E-state index in [0.717, 1.165) is 17.1 Å². The Balaban J connectivity index is 1.64. The van der Waals surface area contributed by atoms with E-state index in [4.69, 9.17) is 0 Å². The predicted molar refractivity (Wildman–Crippen MR) is 95.4 cm³/mol. The molecular weight excluding hydrogens is 302 g/mol. The first kappa shape index (κ1) is 15.7. The lowest BCUT2D eigenvalue weighted by Crippen LogP contribution is -2.08. The molecule has 2 heterocycles. The third-order valence-electron chi connectivity index (χ3n) is 3.38. The molecule has 1 aromatic carbocycles. The van der Waals surface area contributed by atoms with Crippen LogP contribution in [-0.4, -0.2) is 34.3 Å². The first-order valence-electron chi connectivity index (χ1n) is 7.58. The highest BCUT2D eigenvalue weighted by atomic mass is 15.3. The fourth-order valence-corrected chi connectivity index (χ4v) is 2.10. The lowest BCUT2D eigenvalue weighted by molar-refractivity contribution is 0.955. The molecule has 0 fully saturated rings. The van der Waals surface area contributed by atoms with Crippen molar-refractivity contribution in [1.29, 1.82) is 0 Å². The van der Waals surface area contributed by atoms with Gasteiger partial charge in [-0.15, -0.1) is 5.10 Å². The van der Waals surface area contributed by atoms with Crippen LogP contribution in [0.25, 0.3) is 0 Å². The van der Waals surface area contributed by atoms with Gasteiger partial charge >= 0.3 is 0 Å². The van der Waals surface area contributed by atoms with Crippen LogP contribution in [0.4, 0.5) is 23.1 Å². The molecule has 0 saturated heterocycles. The first-order chi connectivity index (χ1) is 11.7. The minimum atomic E-state index is 0.443. The van der Waals surface area contributed by atoms with E-state index in [-0.39, 0.29) is 0 Å². The molecule has 0 aliphatic heterocycles. The van der Waals surface area contributed by atoms with Crippen LogP contribution in [0.3, 0.4) is 0 Å². The summed E-state index contributed by atoms with van der Waals surface area (Å²) in [4.78, 5) is 10.7. The largest absolute Gasteiger partial charge is 0.378 e. The van der Waals surface area contributed by atoms with Gasteiger partial charge in [-0.2, -0.15) is 10.1 Å². The molecule has 0 unspecified atom stereocenters. The lowest BCUT2D eigenvalue weighted by Gasteiger charge is -2.13. The standard InChI is InChI=1S/C17H19N7/c1-24(2)15-8-6-13(7-9-15)21-17-22-16(12-20-23-17)19-11-14-5-3-4-10-18-14/h3-10,12H,11H2,1-2H3,(H2,19,21,22,23). The van der Waals surface area contributed by atoms with E-state index in [1.165, 1.54) is 0 Å². The van der Waals surface area contributed by atoms with E-state index < -0.39 is 0 Å². The zero-order chi connectivity index (χ0) is 16.8. The van der Waals surface area contributed by atoms with Crippen molar-refractivity contribution in [2.24, 2.45) is 0 Å². The Labute approximate surface area is 140 Å². The number of pyridine rings is 1. The zero-order valence-corrected chi connectivity index (χ0v) is 13.6. The van der Waals surface area contributed by atoms with Crippen molar-refractivity contribution in [3.8, 4) is 0 Å². The quantitative estimate of drug-likeness (QED) is 0.722. The number of nitrogens with one attached hydrogen (secondary N) is 2. The fraction of sp³-hybridized carbons (Fsp3) is 0.176. The molecule has 24 heavy (non-hydrogen) atoms. The highest BCUT2D eigenvalue weighted by Gasteiger charge is 2.03. The van der Waals surface area contributed by atoms with Crippen molar-refractivity contribution < 1.29 is 0 Å². The Kier molecular flexibility index (Phi) is 4.81. The number of benzene rings is 1. The van der Waals surface area contributed by atoms with Crippen LogP contribution in [0.2, 0.25) is 0 Å². The van der Waals surface area contributed by atoms with Crippen LogP contribution < -0.4 is 15.5 Å². The number of rotatable bonds is 6. The Bertz CT molecular complexity index is 772. The Morgan fingerprint density at radius 1 is 1.04 bits per heavy atom. The van der Waals surface area contributed by atoms with E-state index in [9.17, 15) is 0 Å². The molecule has 3 rings (SSSR count). The molecule has 0 radical (unpaired) electrons. The molecule has 0 aliphatic carbocycles. The number of hydrogen-bond acceptors (Lipinski definition) is 7. The zero-order valence-electron chi connectivity index (χ0n) is 13.6. The molecule has 0 amide bonds. The fourth-order valence-electron chi connectivity index (χ4n) is 2.10. The summed E-state index contributed by atoms with van der Waals surface area (Å²) in [6, 6.07) is 13.8. The van der Waals surface area contributed by atoms with Gasteiger partial charge in [-0.25, -0.2) is 0 Å². The average Bonchev–Trinajstić information content (AvgIpc) is 2.62. The molecule has 0 spiro atoms. The van der Waals surface area contributed by atoms with Crippen molar-refractivity contribution >= 4 is 23.1 Å². The van der Waals surface area contributed by atoms with Gasteiger partial charge in [-0.05, 0) is 36.4 Å². The number of aromatic nitrogens is 4. The van der Waals surface area contributed by atoms with Crippen LogP contribution in [0.15, 0.2) is 54.9 Å². The maximum atomic E-state index is 4.41. The van der Waals surface area contributed by atoms with Crippen molar-refractivity contribution in [1.82, 2.24) is 20.2 Å². The van der Waals surface area contributed by atoms with Crippen molar-refractivity contribution in [3.05, 3.63) is 60.6 Å². The van der Waals surface area contributed by atoms with E-state index in [1.807, 2.05) is 61.5 Å². The molecule has 122 valence electrons. The van der Waals surface area contributed by atoms with E-state index in [2.05, 4.69) is 30.8 Å². The first-order valence-corrected chi connectivity index (χ1v) is 7.58. The summed E-state index contributed by atoms with van der Waals surface area (Å²) in [6.07, 6.45) is 3.35. The van der Waals surface area contributed by atoms with Crippen LogP contribution in [0.5, 0.6) is 0 Å².